The lowest BCUT2D eigenvalue weighted by molar-refractivity contribution is 0.114. The summed E-state index contributed by atoms with van der Waals surface area (Å²) in [4.78, 5) is 8.42. The van der Waals surface area contributed by atoms with Crippen LogP contribution in [0.5, 0.6) is 0 Å². The van der Waals surface area contributed by atoms with E-state index in [0.29, 0.717) is 19.0 Å². The molecule has 0 bridgehead atoms. The molecule has 7 heteroatoms. The second-order valence-electron chi connectivity index (χ2n) is 6.03. The van der Waals surface area contributed by atoms with Crippen molar-refractivity contribution < 1.29 is 4.74 Å². The van der Waals surface area contributed by atoms with Gasteiger partial charge in [-0.3, -0.25) is 0 Å². The Kier molecular flexibility index (Phi) is 4.64. The van der Waals surface area contributed by atoms with E-state index < -0.39 is 0 Å². The molecule has 0 amide bonds. The Labute approximate surface area is 164 Å². The lowest BCUT2D eigenvalue weighted by atomic mass is 10.1. The molecule has 0 aliphatic rings. The summed E-state index contributed by atoms with van der Waals surface area (Å²) in [7, 11) is 0. The van der Waals surface area contributed by atoms with Gasteiger partial charge in [-0.15, -0.1) is 0 Å². The monoisotopic (exact) mass is 459 g/mol. The molecule has 4 N–H and O–H groups in total. The van der Waals surface area contributed by atoms with E-state index >= 15 is 0 Å². The normalized spacial score (nSPS) is 11.4. The number of aromatic nitrogens is 3. The SMILES string of the molecule is Nc1nc(N)c2c(cc(I)c3c2ccn3CCOCc2ccccc2)n1. The van der Waals surface area contributed by atoms with Gasteiger partial charge in [0.25, 0.3) is 0 Å². The van der Waals surface area contributed by atoms with Crippen LogP contribution in [-0.4, -0.2) is 21.1 Å². The maximum atomic E-state index is 6.10. The van der Waals surface area contributed by atoms with Gasteiger partial charge in [0.2, 0.25) is 5.95 Å². The Hall–Kier alpha value is -2.39. The Balaban J connectivity index is 1.59. The summed E-state index contributed by atoms with van der Waals surface area (Å²) < 4.78 is 9.09. The molecule has 26 heavy (non-hydrogen) atoms. The molecule has 4 rings (SSSR count). The quantitative estimate of drug-likeness (QED) is 0.352. The molecule has 0 radical (unpaired) electrons. The van der Waals surface area contributed by atoms with Crippen molar-refractivity contribution >= 4 is 56.2 Å². The number of nitrogens with two attached hydrogens (primary N) is 2. The highest BCUT2D eigenvalue weighted by molar-refractivity contribution is 14.1. The first-order chi connectivity index (χ1) is 12.6. The van der Waals surface area contributed by atoms with Crippen LogP contribution >= 0.6 is 22.6 Å². The fourth-order valence-corrected chi connectivity index (χ4v) is 4.03. The molecule has 6 nitrogen and oxygen atoms in total. The second kappa shape index (κ2) is 7.08. The number of anilines is 2. The lowest BCUT2D eigenvalue weighted by Gasteiger charge is -2.10. The zero-order valence-corrected chi connectivity index (χ0v) is 16.2. The summed E-state index contributed by atoms with van der Waals surface area (Å²) in [6.45, 7) is 1.99. The molecule has 2 aromatic carbocycles. The Morgan fingerprint density at radius 2 is 1.88 bits per heavy atom. The zero-order chi connectivity index (χ0) is 18.1. The smallest absolute Gasteiger partial charge is 0.222 e. The maximum Gasteiger partial charge on any atom is 0.222 e. The second-order valence-corrected chi connectivity index (χ2v) is 7.19. The van der Waals surface area contributed by atoms with Crippen LogP contribution < -0.4 is 11.5 Å². The summed E-state index contributed by atoms with van der Waals surface area (Å²) in [5.74, 6) is 0.603. The number of nitrogens with zero attached hydrogens (tertiary/aromatic N) is 3. The van der Waals surface area contributed by atoms with E-state index in [1.165, 1.54) is 5.56 Å². The van der Waals surface area contributed by atoms with E-state index in [1.54, 1.807) is 0 Å². The minimum atomic E-state index is 0.193. The molecule has 0 fully saturated rings. The van der Waals surface area contributed by atoms with Gasteiger partial charge in [-0.05, 0) is 40.3 Å². The van der Waals surface area contributed by atoms with Crippen molar-refractivity contribution in [1.82, 2.24) is 14.5 Å². The molecule has 0 unspecified atom stereocenters. The number of nitrogen functional groups attached to an aromatic ring is 2. The van der Waals surface area contributed by atoms with Gasteiger partial charge in [0.15, 0.2) is 0 Å². The highest BCUT2D eigenvalue weighted by atomic mass is 127. The molecular formula is C19H18IN5O. The van der Waals surface area contributed by atoms with Crippen LogP contribution in [0.15, 0.2) is 48.7 Å². The predicted molar refractivity (Wildman–Crippen MR) is 113 cm³/mol. The van der Waals surface area contributed by atoms with Crippen molar-refractivity contribution in [2.45, 2.75) is 13.2 Å². The van der Waals surface area contributed by atoms with E-state index in [1.807, 2.05) is 36.5 Å². The van der Waals surface area contributed by atoms with E-state index in [-0.39, 0.29) is 5.95 Å². The van der Waals surface area contributed by atoms with Crippen molar-refractivity contribution in [2.75, 3.05) is 18.1 Å². The molecule has 0 spiro atoms. The van der Waals surface area contributed by atoms with Crippen LogP contribution in [0.1, 0.15) is 5.56 Å². The van der Waals surface area contributed by atoms with Crippen molar-refractivity contribution in [3.05, 3.63) is 57.8 Å². The number of hydrogen-bond acceptors (Lipinski definition) is 5. The molecule has 0 aliphatic heterocycles. The van der Waals surface area contributed by atoms with Crippen LogP contribution in [0.25, 0.3) is 21.8 Å². The first kappa shape index (κ1) is 17.0. The van der Waals surface area contributed by atoms with E-state index in [0.717, 1.165) is 31.9 Å². The molecule has 0 saturated heterocycles. The summed E-state index contributed by atoms with van der Waals surface area (Å²) in [5, 5.41) is 1.88. The number of hydrogen-bond donors (Lipinski definition) is 2. The van der Waals surface area contributed by atoms with E-state index in [4.69, 9.17) is 16.2 Å². The van der Waals surface area contributed by atoms with Gasteiger partial charge in [-0.1, -0.05) is 30.3 Å². The molecule has 132 valence electrons. The van der Waals surface area contributed by atoms with Gasteiger partial charge >= 0.3 is 0 Å². The molecule has 0 saturated carbocycles. The van der Waals surface area contributed by atoms with Gasteiger partial charge in [0.05, 0.1) is 29.6 Å². The molecule has 2 heterocycles. The zero-order valence-electron chi connectivity index (χ0n) is 14.0. The minimum Gasteiger partial charge on any atom is -0.383 e. The van der Waals surface area contributed by atoms with Crippen molar-refractivity contribution in [3.63, 3.8) is 0 Å². The Bertz CT molecular complexity index is 1080. The van der Waals surface area contributed by atoms with Gasteiger partial charge in [0, 0.05) is 21.7 Å². The highest BCUT2D eigenvalue weighted by Gasteiger charge is 2.14. The van der Waals surface area contributed by atoms with Gasteiger partial charge in [-0.25, -0.2) is 4.98 Å². The number of benzene rings is 2. The third-order valence-corrected chi connectivity index (χ3v) is 5.12. The average Bonchev–Trinajstić information content (AvgIpc) is 3.03. The van der Waals surface area contributed by atoms with Crippen molar-refractivity contribution in [2.24, 2.45) is 0 Å². The first-order valence-corrected chi connectivity index (χ1v) is 9.33. The van der Waals surface area contributed by atoms with Crippen LogP contribution in [-0.2, 0) is 17.9 Å². The molecule has 4 aromatic rings. The standard InChI is InChI=1S/C19H18IN5O/c20-14-10-15-16(18(21)24-19(22)23-15)13-6-7-25(17(13)14)8-9-26-11-12-4-2-1-3-5-12/h1-7,10H,8-9,11H2,(H4,21,22,23,24). The third-order valence-electron chi connectivity index (χ3n) is 4.29. The van der Waals surface area contributed by atoms with Crippen LogP contribution in [0.2, 0.25) is 0 Å². The number of halogens is 1. The average molecular weight is 459 g/mol. The summed E-state index contributed by atoms with van der Waals surface area (Å²) in [5.41, 5.74) is 14.9. The topological polar surface area (TPSA) is 92.0 Å². The number of rotatable bonds is 5. The fraction of sp³-hybridized carbons (Fsp3) is 0.158. The molecule has 2 aromatic heterocycles. The highest BCUT2D eigenvalue weighted by Crippen LogP contribution is 2.32. The third kappa shape index (κ3) is 3.19. The van der Waals surface area contributed by atoms with Crippen molar-refractivity contribution in [3.8, 4) is 0 Å². The molecule has 0 aliphatic carbocycles. The lowest BCUT2D eigenvalue weighted by Crippen LogP contribution is -2.06. The fourth-order valence-electron chi connectivity index (χ4n) is 3.14. The summed E-state index contributed by atoms with van der Waals surface area (Å²) in [6, 6.07) is 14.2. The van der Waals surface area contributed by atoms with Crippen LogP contribution in [0.4, 0.5) is 11.8 Å². The Morgan fingerprint density at radius 1 is 1.08 bits per heavy atom. The molecular weight excluding hydrogens is 441 g/mol. The van der Waals surface area contributed by atoms with Crippen LogP contribution in [0, 0.1) is 3.57 Å². The molecule has 0 atom stereocenters. The predicted octanol–water partition coefficient (Wildman–Crippen LogP) is 3.57. The van der Waals surface area contributed by atoms with E-state index in [2.05, 4.69) is 49.3 Å². The summed E-state index contributed by atoms with van der Waals surface area (Å²) >= 11 is 2.32. The van der Waals surface area contributed by atoms with Gasteiger partial charge < -0.3 is 20.8 Å². The Morgan fingerprint density at radius 3 is 2.69 bits per heavy atom. The maximum absolute atomic E-state index is 6.10. The summed E-state index contributed by atoms with van der Waals surface area (Å²) in [6.07, 6.45) is 2.05. The first-order valence-electron chi connectivity index (χ1n) is 8.25. The number of fused-ring (bicyclic) bond motifs is 3. The number of ether oxygens (including phenoxy) is 1. The van der Waals surface area contributed by atoms with Crippen LogP contribution in [0.3, 0.4) is 0 Å². The van der Waals surface area contributed by atoms with Gasteiger partial charge in [0.1, 0.15) is 5.82 Å². The van der Waals surface area contributed by atoms with Crippen molar-refractivity contribution in [1.29, 1.82) is 0 Å². The largest absolute Gasteiger partial charge is 0.383 e. The minimum absolute atomic E-state index is 0.193. The van der Waals surface area contributed by atoms with E-state index in [9.17, 15) is 0 Å². The van der Waals surface area contributed by atoms with Gasteiger partial charge in [-0.2, -0.15) is 4.98 Å².